The van der Waals surface area contributed by atoms with Crippen molar-refractivity contribution in [2.75, 3.05) is 6.54 Å². The van der Waals surface area contributed by atoms with Gasteiger partial charge in [0.05, 0.1) is 9.92 Å². The first-order valence-corrected chi connectivity index (χ1v) is 11.9. The maximum absolute atomic E-state index is 12.5. The maximum Gasteiger partial charge on any atom is 0.490 e. The van der Waals surface area contributed by atoms with Crippen LogP contribution in [0.25, 0.3) is 0 Å². The van der Waals surface area contributed by atoms with E-state index in [4.69, 9.17) is 26.2 Å². The minimum atomic E-state index is -5.08. The molecule has 0 saturated carbocycles. The van der Waals surface area contributed by atoms with Crippen LogP contribution in [0.1, 0.15) is 24.8 Å². The zero-order valence-electron chi connectivity index (χ0n) is 16.2. The van der Waals surface area contributed by atoms with E-state index in [2.05, 4.69) is 17.2 Å². The fourth-order valence-electron chi connectivity index (χ4n) is 2.71. The minimum Gasteiger partial charge on any atom is -0.489 e. The van der Waals surface area contributed by atoms with Gasteiger partial charge >= 0.3 is 12.1 Å². The number of ether oxygens (including phenoxy) is 1. The number of alkyl halides is 3. The lowest BCUT2D eigenvalue weighted by atomic mass is 10.0. The van der Waals surface area contributed by atoms with E-state index in [-0.39, 0.29) is 16.8 Å². The quantitative estimate of drug-likeness (QED) is 0.641. The number of carboxylic acid groups (broad SMARTS) is 1. The molecule has 7 nitrogen and oxygen atoms in total. The Hall–Kier alpha value is -1.89. The van der Waals surface area contributed by atoms with Crippen LogP contribution in [0, 0.1) is 0 Å². The number of hydrogen-bond donors (Lipinski definition) is 2. The lowest BCUT2D eigenvalue weighted by Gasteiger charge is -2.28. The second kappa shape index (κ2) is 10.6. The van der Waals surface area contributed by atoms with E-state index in [1.165, 1.54) is 17.4 Å². The predicted octanol–water partition coefficient (Wildman–Crippen LogP) is 3.92. The van der Waals surface area contributed by atoms with Gasteiger partial charge in [0.25, 0.3) is 0 Å². The van der Waals surface area contributed by atoms with Crippen LogP contribution in [0.2, 0.25) is 5.02 Å². The Balaban J connectivity index is 0.000000423. The molecule has 0 bridgehead atoms. The smallest absolute Gasteiger partial charge is 0.489 e. The average Bonchev–Trinajstić information content (AvgIpc) is 3.15. The summed E-state index contributed by atoms with van der Waals surface area (Å²) in [6.07, 6.45) is -1.58. The number of aliphatic carboxylic acids is 1. The molecule has 0 spiro atoms. The molecule has 31 heavy (non-hydrogen) atoms. The highest BCUT2D eigenvalue weighted by atomic mass is 35.5. The fourth-order valence-corrected chi connectivity index (χ4v) is 5.28. The Morgan fingerprint density at radius 3 is 2.61 bits per heavy atom. The molecule has 13 heteroatoms. The van der Waals surface area contributed by atoms with Gasteiger partial charge in [0, 0.05) is 17.6 Å². The number of piperidine rings is 1. The molecule has 1 aromatic carbocycles. The van der Waals surface area contributed by atoms with Gasteiger partial charge in [0.1, 0.15) is 22.6 Å². The first-order valence-electron chi connectivity index (χ1n) is 8.99. The summed E-state index contributed by atoms with van der Waals surface area (Å²) in [5.41, 5.74) is 0. The van der Waals surface area contributed by atoms with Gasteiger partial charge in [-0.05, 0) is 44.5 Å². The van der Waals surface area contributed by atoms with Crippen molar-refractivity contribution in [2.24, 2.45) is 0 Å². The zero-order valence-corrected chi connectivity index (χ0v) is 18.6. The molecule has 2 atom stereocenters. The van der Waals surface area contributed by atoms with Crippen LogP contribution in [-0.4, -0.2) is 49.3 Å². The zero-order chi connectivity index (χ0) is 23.2. The molecule has 0 aliphatic carbocycles. The van der Waals surface area contributed by atoms with Crippen LogP contribution >= 0.6 is 22.9 Å². The molecule has 0 amide bonds. The molecular formula is C18H20ClF3N2O5S2. The van der Waals surface area contributed by atoms with Gasteiger partial charge < -0.3 is 15.2 Å². The normalized spacial score (nSPS) is 19.3. The third-order valence-corrected chi connectivity index (χ3v) is 7.05. The highest BCUT2D eigenvalue weighted by Crippen LogP contribution is 2.31. The second-order valence-corrected chi connectivity index (χ2v) is 10.1. The van der Waals surface area contributed by atoms with Gasteiger partial charge in [-0.1, -0.05) is 11.6 Å². The van der Waals surface area contributed by atoms with Gasteiger partial charge in [-0.3, -0.25) is 0 Å². The van der Waals surface area contributed by atoms with Gasteiger partial charge in [0.15, 0.2) is 9.84 Å². The molecular weight excluding hydrogens is 481 g/mol. The Bertz CT molecular complexity index is 985. The number of hydrogen-bond acceptors (Lipinski definition) is 7. The molecule has 1 fully saturated rings. The number of rotatable bonds is 5. The third kappa shape index (κ3) is 7.95. The van der Waals surface area contributed by atoms with Crippen LogP contribution in [0.15, 0.2) is 34.7 Å². The second-order valence-electron chi connectivity index (χ2n) is 6.70. The number of nitrogens with zero attached hydrogens (tertiary/aromatic N) is 1. The predicted molar refractivity (Wildman–Crippen MR) is 109 cm³/mol. The highest BCUT2D eigenvalue weighted by molar-refractivity contribution is 7.90. The Morgan fingerprint density at radius 1 is 1.42 bits per heavy atom. The monoisotopic (exact) mass is 500 g/mol. The highest BCUT2D eigenvalue weighted by Gasteiger charge is 2.38. The number of sulfone groups is 1. The summed E-state index contributed by atoms with van der Waals surface area (Å²) in [4.78, 5) is 13.1. The summed E-state index contributed by atoms with van der Waals surface area (Å²) < 4.78 is 62.6. The van der Waals surface area contributed by atoms with Crippen molar-refractivity contribution in [2.45, 2.75) is 48.7 Å². The number of benzene rings is 1. The van der Waals surface area contributed by atoms with Gasteiger partial charge in [0.2, 0.25) is 0 Å². The SMILES string of the molecule is C[C@@H]1CC(Oc2ccc(S(=O)(=O)Cc3nccs3)cc2Cl)CCN1.O=C(O)C(F)(F)F. The molecule has 1 unspecified atom stereocenters. The first-order chi connectivity index (χ1) is 14.4. The van der Waals surface area contributed by atoms with Crippen molar-refractivity contribution in [3.05, 3.63) is 39.8 Å². The molecule has 0 radical (unpaired) electrons. The molecule has 2 aromatic rings. The van der Waals surface area contributed by atoms with Gasteiger partial charge in [-0.2, -0.15) is 13.2 Å². The summed E-state index contributed by atoms with van der Waals surface area (Å²) in [5.74, 6) is -2.34. The molecule has 1 aliphatic rings. The van der Waals surface area contributed by atoms with Crippen molar-refractivity contribution >= 4 is 38.7 Å². The summed E-state index contributed by atoms with van der Waals surface area (Å²) in [6, 6.07) is 5.06. The number of halogens is 4. The maximum atomic E-state index is 12.5. The van der Waals surface area contributed by atoms with E-state index >= 15 is 0 Å². The van der Waals surface area contributed by atoms with Crippen LogP contribution < -0.4 is 10.1 Å². The molecule has 2 N–H and O–H groups in total. The first kappa shape index (κ1) is 25.4. The number of aromatic nitrogens is 1. The summed E-state index contributed by atoms with van der Waals surface area (Å²) >= 11 is 7.58. The molecule has 1 saturated heterocycles. The van der Waals surface area contributed by atoms with Crippen molar-refractivity contribution in [1.82, 2.24) is 10.3 Å². The number of carboxylic acids is 1. The number of nitrogens with one attached hydrogen (secondary N) is 1. The lowest BCUT2D eigenvalue weighted by Crippen LogP contribution is -2.40. The summed E-state index contributed by atoms with van der Waals surface area (Å²) in [6.45, 7) is 3.02. The van der Waals surface area contributed by atoms with E-state index in [0.717, 1.165) is 19.4 Å². The topological polar surface area (TPSA) is 106 Å². The van der Waals surface area contributed by atoms with Gasteiger partial charge in [-0.15, -0.1) is 11.3 Å². The minimum absolute atomic E-state index is 0.0940. The van der Waals surface area contributed by atoms with E-state index < -0.39 is 22.0 Å². The van der Waals surface area contributed by atoms with E-state index in [1.807, 2.05) is 0 Å². The van der Waals surface area contributed by atoms with Crippen LogP contribution in [0.4, 0.5) is 13.2 Å². The van der Waals surface area contributed by atoms with Crippen LogP contribution in [0.5, 0.6) is 5.75 Å². The summed E-state index contributed by atoms with van der Waals surface area (Å²) in [5, 5.41) is 13.1. The standard InChI is InChI=1S/C16H19ClN2O3S2.C2HF3O2/c1-11-8-12(4-5-18-11)22-15-3-2-13(9-14(15)17)24(20,21)10-16-19-6-7-23-16;3-2(4,5)1(6)7/h2-3,6-7,9,11-12,18H,4-5,8,10H2,1H3;(H,6,7)/t11-,12?;/m1./s1. The van der Waals surface area contributed by atoms with Crippen LogP contribution in [0.3, 0.4) is 0 Å². The Morgan fingerprint density at radius 2 is 2.10 bits per heavy atom. The molecule has 2 heterocycles. The van der Waals surface area contributed by atoms with Crippen LogP contribution in [-0.2, 0) is 20.4 Å². The number of carbonyl (C=O) groups is 1. The summed E-state index contributed by atoms with van der Waals surface area (Å²) in [7, 11) is -3.47. The van der Waals surface area contributed by atoms with Crippen molar-refractivity contribution < 1.29 is 36.2 Å². The third-order valence-electron chi connectivity index (χ3n) is 4.17. The Labute approximate surface area is 186 Å². The van der Waals surface area contributed by atoms with Crippen molar-refractivity contribution in [3.63, 3.8) is 0 Å². The molecule has 1 aliphatic heterocycles. The van der Waals surface area contributed by atoms with E-state index in [0.29, 0.717) is 21.8 Å². The number of thiazole rings is 1. The lowest BCUT2D eigenvalue weighted by molar-refractivity contribution is -0.192. The Kier molecular flexibility index (Phi) is 8.69. The van der Waals surface area contributed by atoms with Gasteiger partial charge in [-0.25, -0.2) is 18.2 Å². The largest absolute Gasteiger partial charge is 0.490 e. The average molecular weight is 501 g/mol. The molecule has 172 valence electrons. The van der Waals surface area contributed by atoms with Crippen molar-refractivity contribution in [1.29, 1.82) is 0 Å². The molecule has 3 rings (SSSR count). The van der Waals surface area contributed by atoms with E-state index in [1.54, 1.807) is 23.7 Å². The fraction of sp³-hybridized carbons (Fsp3) is 0.444. The molecule has 1 aromatic heterocycles. The van der Waals surface area contributed by atoms with Crippen molar-refractivity contribution in [3.8, 4) is 5.75 Å². The van der Waals surface area contributed by atoms with E-state index in [9.17, 15) is 21.6 Å².